The zero-order chi connectivity index (χ0) is 23.1. The van der Waals surface area contributed by atoms with E-state index in [1.807, 2.05) is 32.0 Å². The summed E-state index contributed by atoms with van der Waals surface area (Å²) in [5, 5.41) is 9.82. The van der Waals surface area contributed by atoms with Crippen molar-refractivity contribution in [2.45, 2.75) is 52.7 Å². The van der Waals surface area contributed by atoms with Crippen LogP contribution in [0.1, 0.15) is 53.7 Å². The summed E-state index contributed by atoms with van der Waals surface area (Å²) >= 11 is 0. The number of aldehydes is 1. The van der Waals surface area contributed by atoms with E-state index in [0.29, 0.717) is 25.2 Å². The number of carbonyl (C=O) groups is 1. The Morgan fingerprint density at radius 2 is 1.62 bits per heavy atom. The van der Waals surface area contributed by atoms with Gasteiger partial charge < -0.3 is 14.6 Å². The van der Waals surface area contributed by atoms with Crippen LogP contribution in [0.2, 0.25) is 0 Å². The van der Waals surface area contributed by atoms with E-state index in [9.17, 15) is 9.90 Å². The molecule has 0 atom stereocenters. The first kappa shape index (κ1) is 23.6. The van der Waals surface area contributed by atoms with Crippen LogP contribution in [0.15, 0.2) is 60.7 Å². The van der Waals surface area contributed by atoms with Gasteiger partial charge in [0.15, 0.2) is 0 Å². The molecule has 32 heavy (non-hydrogen) atoms. The number of hydrogen-bond acceptors (Lipinski definition) is 4. The lowest BCUT2D eigenvalue weighted by Gasteiger charge is -2.17. The molecule has 1 N–H and O–H groups in total. The predicted octanol–water partition coefficient (Wildman–Crippen LogP) is 6.29. The van der Waals surface area contributed by atoms with E-state index < -0.39 is 5.60 Å². The van der Waals surface area contributed by atoms with E-state index >= 15 is 0 Å². The maximum Gasteiger partial charge on any atom is 0.150 e. The van der Waals surface area contributed by atoms with E-state index in [4.69, 9.17) is 9.47 Å². The second kappa shape index (κ2) is 10.5. The monoisotopic (exact) mass is 432 g/mol. The Morgan fingerprint density at radius 1 is 0.906 bits per heavy atom. The third-order valence-electron chi connectivity index (χ3n) is 5.55. The van der Waals surface area contributed by atoms with Gasteiger partial charge in [0.05, 0.1) is 12.2 Å². The van der Waals surface area contributed by atoms with E-state index in [1.54, 1.807) is 12.1 Å². The number of hydrogen-bond donors (Lipinski definition) is 1. The highest BCUT2D eigenvalue weighted by Gasteiger charge is 2.12. The molecule has 0 aromatic heterocycles. The van der Waals surface area contributed by atoms with Crippen molar-refractivity contribution in [3.63, 3.8) is 0 Å². The van der Waals surface area contributed by atoms with Gasteiger partial charge in [-0.05, 0) is 105 Å². The molecule has 0 bridgehead atoms. The number of ether oxygens (including phenoxy) is 2. The molecular formula is C28H32O4. The smallest absolute Gasteiger partial charge is 0.150 e. The summed E-state index contributed by atoms with van der Waals surface area (Å²) in [6.45, 7) is 8.89. The van der Waals surface area contributed by atoms with Gasteiger partial charge in [0, 0.05) is 5.56 Å². The third kappa shape index (κ3) is 6.44. The SMILES string of the molecule is Cc1cc(OCCCC(C)(C)O)ccc1-c1cccc(COc2ccc(C=O)cc2)c1C. The molecule has 3 aromatic carbocycles. The van der Waals surface area contributed by atoms with Gasteiger partial charge in [-0.25, -0.2) is 0 Å². The van der Waals surface area contributed by atoms with Gasteiger partial charge in [0.2, 0.25) is 0 Å². The van der Waals surface area contributed by atoms with Gasteiger partial charge in [0.25, 0.3) is 0 Å². The van der Waals surface area contributed by atoms with Gasteiger partial charge >= 0.3 is 0 Å². The Hall–Kier alpha value is -3.11. The molecule has 0 radical (unpaired) electrons. The second-order valence-corrected chi connectivity index (χ2v) is 8.81. The number of rotatable bonds is 10. The molecule has 3 rings (SSSR count). The Morgan fingerprint density at radius 3 is 2.28 bits per heavy atom. The fraction of sp³-hybridized carbons (Fsp3) is 0.321. The number of aryl methyl sites for hydroxylation is 1. The van der Waals surface area contributed by atoms with E-state index in [2.05, 4.69) is 44.2 Å². The van der Waals surface area contributed by atoms with Crippen LogP contribution < -0.4 is 9.47 Å². The van der Waals surface area contributed by atoms with Crippen molar-refractivity contribution >= 4 is 6.29 Å². The zero-order valence-electron chi connectivity index (χ0n) is 19.4. The Bertz CT molecular complexity index is 1050. The number of aliphatic hydroxyl groups is 1. The van der Waals surface area contributed by atoms with Crippen molar-refractivity contribution in [3.8, 4) is 22.6 Å². The normalized spacial score (nSPS) is 11.3. The maximum atomic E-state index is 10.8. The topological polar surface area (TPSA) is 55.8 Å². The van der Waals surface area contributed by atoms with Crippen molar-refractivity contribution in [2.24, 2.45) is 0 Å². The molecule has 0 aliphatic rings. The van der Waals surface area contributed by atoms with E-state index in [-0.39, 0.29) is 0 Å². The molecule has 0 saturated heterocycles. The Labute approximate surface area is 190 Å². The minimum atomic E-state index is -0.658. The molecule has 0 aliphatic carbocycles. The summed E-state index contributed by atoms with van der Waals surface area (Å²) in [6.07, 6.45) is 2.34. The van der Waals surface area contributed by atoms with Crippen molar-refractivity contribution in [1.29, 1.82) is 0 Å². The van der Waals surface area contributed by atoms with Gasteiger partial charge in [-0.2, -0.15) is 0 Å². The minimum absolute atomic E-state index is 0.460. The van der Waals surface area contributed by atoms with Crippen molar-refractivity contribution < 1.29 is 19.4 Å². The lowest BCUT2D eigenvalue weighted by atomic mass is 9.93. The van der Waals surface area contributed by atoms with Crippen molar-refractivity contribution in [1.82, 2.24) is 0 Å². The van der Waals surface area contributed by atoms with Gasteiger partial charge in [-0.15, -0.1) is 0 Å². The standard InChI is InChI=1S/C28H32O4/c1-20-17-25(31-16-6-15-28(3,4)30)13-14-26(20)27-8-5-7-23(21(27)2)19-32-24-11-9-22(18-29)10-12-24/h5,7-14,17-18,30H,6,15-16,19H2,1-4H3. The molecule has 0 aliphatic heterocycles. The van der Waals surface area contributed by atoms with Crippen LogP contribution in [0.25, 0.3) is 11.1 Å². The first-order chi connectivity index (χ1) is 15.3. The summed E-state index contributed by atoms with van der Waals surface area (Å²) in [5.74, 6) is 1.58. The summed E-state index contributed by atoms with van der Waals surface area (Å²) in [5.41, 5.74) is 5.77. The fourth-order valence-corrected chi connectivity index (χ4v) is 3.66. The largest absolute Gasteiger partial charge is 0.494 e. The first-order valence-electron chi connectivity index (χ1n) is 11.0. The van der Waals surface area contributed by atoms with Crippen molar-refractivity contribution in [2.75, 3.05) is 6.61 Å². The summed E-state index contributed by atoms with van der Waals surface area (Å²) in [7, 11) is 0. The van der Waals surface area contributed by atoms with Crippen LogP contribution in [0.4, 0.5) is 0 Å². The lowest BCUT2D eigenvalue weighted by Crippen LogP contribution is -2.19. The molecule has 4 heteroatoms. The van der Waals surface area contributed by atoms with Crippen LogP contribution in [0.5, 0.6) is 11.5 Å². The molecule has 3 aromatic rings. The highest BCUT2D eigenvalue weighted by molar-refractivity contribution is 5.75. The molecule has 0 amide bonds. The quantitative estimate of drug-likeness (QED) is 0.302. The Balaban J connectivity index is 1.68. The van der Waals surface area contributed by atoms with Crippen LogP contribution in [-0.4, -0.2) is 23.6 Å². The lowest BCUT2D eigenvalue weighted by molar-refractivity contribution is 0.0641. The van der Waals surface area contributed by atoms with Crippen molar-refractivity contribution in [3.05, 3.63) is 82.9 Å². The van der Waals surface area contributed by atoms with Crippen LogP contribution in [0.3, 0.4) is 0 Å². The molecule has 0 heterocycles. The molecule has 0 saturated carbocycles. The van der Waals surface area contributed by atoms with Gasteiger partial charge in [-0.3, -0.25) is 4.79 Å². The van der Waals surface area contributed by atoms with Crippen LogP contribution in [0, 0.1) is 13.8 Å². The average Bonchev–Trinajstić information content (AvgIpc) is 2.76. The Kier molecular flexibility index (Phi) is 7.70. The number of carbonyl (C=O) groups excluding carboxylic acids is 1. The molecular weight excluding hydrogens is 400 g/mol. The predicted molar refractivity (Wildman–Crippen MR) is 129 cm³/mol. The molecule has 0 fully saturated rings. The van der Waals surface area contributed by atoms with Crippen LogP contribution >= 0.6 is 0 Å². The van der Waals surface area contributed by atoms with Gasteiger partial charge in [0.1, 0.15) is 24.4 Å². The van der Waals surface area contributed by atoms with E-state index in [0.717, 1.165) is 35.3 Å². The maximum absolute atomic E-state index is 10.8. The minimum Gasteiger partial charge on any atom is -0.494 e. The highest BCUT2D eigenvalue weighted by Crippen LogP contribution is 2.31. The molecule has 4 nitrogen and oxygen atoms in total. The molecule has 168 valence electrons. The second-order valence-electron chi connectivity index (χ2n) is 8.81. The zero-order valence-corrected chi connectivity index (χ0v) is 19.4. The number of benzene rings is 3. The molecule has 0 unspecified atom stereocenters. The summed E-state index contributed by atoms with van der Waals surface area (Å²) in [6, 6.07) is 19.6. The highest BCUT2D eigenvalue weighted by atomic mass is 16.5. The fourth-order valence-electron chi connectivity index (χ4n) is 3.66. The summed E-state index contributed by atoms with van der Waals surface area (Å²) in [4.78, 5) is 10.8. The average molecular weight is 433 g/mol. The van der Waals surface area contributed by atoms with Gasteiger partial charge in [-0.1, -0.05) is 24.3 Å². The molecule has 0 spiro atoms. The first-order valence-corrected chi connectivity index (χ1v) is 11.0. The summed E-state index contributed by atoms with van der Waals surface area (Å²) < 4.78 is 11.8. The van der Waals surface area contributed by atoms with Crippen LogP contribution in [-0.2, 0) is 6.61 Å². The third-order valence-corrected chi connectivity index (χ3v) is 5.55. The van der Waals surface area contributed by atoms with E-state index in [1.165, 1.54) is 16.7 Å².